The van der Waals surface area contributed by atoms with E-state index >= 15 is 0 Å². The van der Waals surface area contributed by atoms with E-state index < -0.39 is 12.0 Å². The Morgan fingerprint density at radius 1 is 1.26 bits per heavy atom. The Kier molecular flexibility index (Phi) is 7.84. The van der Waals surface area contributed by atoms with Gasteiger partial charge in [0.15, 0.2) is 5.82 Å². The Balaban J connectivity index is 1.93. The average molecular weight is 391 g/mol. The number of aromatic nitrogens is 3. The lowest BCUT2D eigenvalue weighted by Gasteiger charge is -2.21. The van der Waals surface area contributed by atoms with Crippen LogP contribution in [0.1, 0.15) is 32.8 Å². The molecule has 8 heteroatoms. The zero-order valence-electron chi connectivity index (χ0n) is 16.1. The van der Waals surface area contributed by atoms with Gasteiger partial charge in [0.25, 0.3) is 0 Å². The summed E-state index contributed by atoms with van der Waals surface area (Å²) in [7, 11) is 1.32. The standard InChI is InChI=1S/C19H26N4O3S/c1-5-12(3)16(18(25)26-4)20-15(24)11-27-19-21-17(22-23-19)14-9-7-13(6-2)8-10-14/h7-10,12,16H,5-6,11H2,1-4H3,(H,20,24)(H,21,22,23)/t12-,16+/m1/s1. The number of thioether (sulfide) groups is 1. The summed E-state index contributed by atoms with van der Waals surface area (Å²) in [6, 6.07) is 7.45. The number of hydrogen-bond donors (Lipinski definition) is 2. The largest absolute Gasteiger partial charge is 0.467 e. The van der Waals surface area contributed by atoms with Gasteiger partial charge < -0.3 is 10.1 Å². The molecule has 0 bridgehead atoms. The number of nitrogens with zero attached hydrogens (tertiary/aromatic N) is 2. The molecule has 0 radical (unpaired) electrons. The molecule has 1 heterocycles. The Morgan fingerprint density at radius 3 is 2.56 bits per heavy atom. The number of methoxy groups -OCH3 is 1. The summed E-state index contributed by atoms with van der Waals surface area (Å²) in [6.07, 6.45) is 1.74. The number of esters is 1. The minimum absolute atomic E-state index is 0.00685. The van der Waals surface area contributed by atoms with E-state index in [0.717, 1.165) is 18.4 Å². The summed E-state index contributed by atoms with van der Waals surface area (Å²) in [5, 5.41) is 10.3. The van der Waals surface area contributed by atoms with E-state index in [2.05, 4.69) is 39.6 Å². The van der Waals surface area contributed by atoms with Gasteiger partial charge in [-0.05, 0) is 17.9 Å². The molecule has 0 aliphatic rings. The molecule has 27 heavy (non-hydrogen) atoms. The van der Waals surface area contributed by atoms with E-state index in [0.29, 0.717) is 11.0 Å². The van der Waals surface area contributed by atoms with Gasteiger partial charge in [0, 0.05) is 5.56 Å². The molecule has 0 saturated carbocycles. The van der Waals surface area contributed by atoms with E-state index in [4.69, 9.17) is 4.74 Å². The second kappa shape index (κ2) is 10.1. The minimum Gasteiger partial charge on any atom is -0.467 e. The predicted molar refractivity (Wildman–Crippen MR) is 105 cm³/mol. The van der Waals surface area contributed by atoms with Crippen LogP contribution in [0.25, 0.3) is 11.4 Å². The molecule has 0 saturated heterocycles. The van der Waals surface area contributed by atoms with E-state index in [-0.39, 0.29) is 17.6 Å². The maximum atomic E-state index is 12.2. The third-order valence-electron chi connectivity index (χ3n) is 4.42. The van der Waals surface area contributed by atoms with Gasteiger partial charge in [0.1, 0.15) is 6.04 Å². The molecule has 1 amide bonds. The van der Waals surface area contributed by atoms with E-state index in [1.54, 1.807) is 0 Å². The fourth-order valence-electron chi connectivity index (χ4n) is 2.48. The number of benzene rings is 1. The first-order chi connectivity index (χ1) is 13.0. The van der Waals surface area contributed by atoms with Crippen LogP contribution in [-0.4, -0.2) is 46.0 Å². The zero-order chi connectivity index (χ0) is 19.8. The summed E-state index contributed by atoms with van der Waals surface area (Å²) < 4.78 is 4.78. The molecule has 7 nitrogen and oxygen atoms in total. The van der Waals surface area contributed by atoms with Crippen LogP contribution in [0.2, 0.25) is 0 Å². The highest BCUT2D eigenvalue weighted by atomic mass is 32.2. The summed E-state index contributed by atoms with van der Waals surface area (Å²) in [4.78, 5) is 28.5. The molecule has 0 fully saturated rings. The van der Waals surface area contributed by atoms with Gasteiger partial charge in [-0.15, -0.1) is 5.10 Å². The van der Waals surface area contributed by atoms with Gasteiger partial charge in [-0.2, -0.15) is 0 Å². The van der Waals surface area contributed by atoms with Crippen molar-refractivity contribution in [1.29, 1.82) is 0 Å². The molecule has 0 aliphatic heterocycles. The number of nitrogens with one attached hydrogen (secondary N) is 2. The average Bonchev–Trinajstić information content (AvgIpc) is 3.18. The van der Waals surface area contributed by atoms with Crippen molar-refractivity contribution in [2.45, 2.75) is 44.8 Å². The summed E-state index contributed by atoms with van der Waals surface area (Å²) >= 11 is 1.21. The van der Waals surface area contributed by atoms with Crippen molar-refractivity contribution in [3.05, 3.63) is 29.8 Å². The maximum absolute atomic E-state index is 12.2. The van der Waals surface area contributed by atoms with Crippen LogP contribution in [0, 0.1) is 5.92 Å². The van der Waals surface area contributed by atoms with Crippen LogP contribution in [0.3, 0.4) is 0 Å². The number of H-pyrrole nitrogens is 1. The lowest BCUT2D eigenvalue weighted by molar-refractivity contribution is -0.146. The van der Waals surface area contributed by atoms with Crippen LogP contribution in [-0.2, 0) is 20.7 Å². The van der Waals surface area contributed by atoms with Crippen molar-refractivity contribution < 1.29 is 14.3 Å². The normalized spacial score (nSPS) is 13.0. The van der Waals surface area contributed by atoms with Gasteiger partial charge >= 0.3 is 5.97 Å². The number of aromatic amines is 1. The van der Waals surface area contributed by atoms with Crippen LogP contribution < -0.4 is 5.32 Å². The van der Waals surface area contributed by atoms with Crippen molar-refractivity contribution in [3.63, 3.8) is 0 Å². The molecule has 2 atom stereocenters. The van der Waals surface area contributed by atoms with Gasteiger partial charge in [-0.3, -0.25) is 9.89 Å². The summed E-state index contributed by atoms with van der Waals surface area (Å²) in [6.45, 7) is 5.97. The Labute approximate surface area is 163 Å². The molecule has 2 aromatic rings. The van der Waals surface area contributed by atoms with E-state index in [9.17, 15) is 9.59 Å². The molecule has 0 unspecified atom stereocenters. The van der Waals surface area contributed by atoms with E-state index in [1.165, 1.54) is 24.4 Å². The minimum atomic E-state index is -0.645. The first-order valence-corrected chi connectivity index (χ1v) is 9.98. The second-order valence-electron chi connectivity index (χ2n) is 6.26. The zero-order valence-corrected chi connectivity index (χ0v) is 16.9. The molecule has 146 valence electrons. The Morgan fingerprint density at radius 2 is 1.96 bits per heavy atom. The second-order valence-corrected chi connectivity index (χ2v) is 7.20. The number of aryl methyl sites for hydroxylation is 1. The topological polar surface area (TPSA) is 97.0 Å². The van der Waals surface area contributed by atoms with E-state index in [1.807, 2.05) is 26.0 Å². The molecular formula is C19H26N4O3S. The highest BCUT2D eigenvalue weighted by molar-refractivity contribution is 7.99. The first-order valence-electron chi connectivity index (χ1n) is 9.00. The number of rotatable bonds is 9. The van der Waals surface area contributed by atoms with Gasteiger partial charge in [-0.1, -0.05) is 63.2 Å². The van der Waals surface area contributed by atoms with Crippen molar-refractivity contribution >= 4 is 23.6 Å². The fourth-order valence-corrected chi connectivity index (χ4v) is 3.09. The Bertz CT molecular complexity index is 761. The van der Waals surface area contributed by atoms with Crippen molar-refractivity contribution in [3.8, 4) is 11.4 Å². The smallest absolute Gasteiger partial charge is 0.328 e. The third kappa shape index (κ3) is 5.82. The Hall–Kier alpha value is -2.35. The molecule has 2 N–H and O–H groups in total. The highest BCUT2D eigenvalue weighted by Gasteiger charge is 2.26. The highest BCUT2D eigenvalue weighted by Crippen LogP contribution is 2.20. The molecular weight excluding hydrogens is 364 g/mol. The predicted octanol–water partition coefficient (Wildman–Crippen LogP) is 2.83. The molecule has 1 aromatic carbocycles. The molecule has 0 aliphatic carbocycles. The molecule has 2 rings (SSSR count). The van der Waals surface area contributed by atoms with Crippen LogP contribution >= 0.6 is 11.8 Å². The molecule has 1 aromatic heterocycles. The summed E-state index contributed by atoms with van der Waals surface area (Å²) in [5.41, 5.74) is 2.20. The monoisotopic (exact) mass is 390 g/mol. The number of hydrogen-bond acceptors (Lipinski definition) is 6. The van der Waals surface area contributed by atoms with Crippen LogP contribution in [0.5, 0.6) is 0 Å². The van der Waals surface area contributed by atoms with Crippen molar-refractivity contribution in [1.82, 2.24) is 20.5 Å². The maximum Gasteiger partial charge on any atom is 0.328 e. The van der Waals surface area contributed by atoms with Crippen LogP contribution in [0.4, 0.5) is 0 Å². The third-order valence-corrected chi connectivity index (χ3v) is 5.26. The SMILES string of the molecule is CCc1ccc(-c2nc(SCC(=O)N[C@H](C(=O)OC)[C@H](C)CC)n[nH]2)cc1. The van der Waals surface area contributed by atoms with Gasteiger partial charge in [-0.25, -0.2) is 9.78 Å². The number of carbonyl (C=O) groups excluding carboxylic acids is 2. The van der Waals surface area contributed by atoms with Crippen molar-refractivity contribution in [2.24, 2.45) is 5.92 Å². The van der Waals surface area contributed by atoms with Gasteiger partial charge in [0.05, 0.1) is 12.9 Å². The van der Waals surface area contributed by atoms with Crippen LogP contribution in [0.15, 0.2) is 29.4 Å². The lowest BCUT2D eigenvalue weighted by atomic mass is 9.99. The lowest BCUT2D eigenvalue weighted by Crippen LogP contribution is -2.46. The van der Waals surface area contributed by atoms with Crippen molar-refractivity contribution in [2.75, 3.05) is 12.9 Å². The number of amides is 1. The first kappa shape index (κ1) is 21.0. The fraction of sp³-hybridized carbons (Fsp3) is 0.474. The summed E-state index contributed by atoms with van der Waals surface area (Å²) in [5.74, 6) is 0.0867. The number of ether oxygens (including phenoxy) is 1. The van der Waals surface area contributed by atoms with Gasteiger partial charge in [0.2, 0.25) is 11.1 Å². The number of carbonyl (C=O) groups is 2. The quantitative estimate of drug-likeness (QED) is 0.505. The molecule has 0 spiro atoms.